The van der Waals surface area contributed by atoms with Crippen LogP contribution in [0.4, 0.5) is 0 Å². The van der Waals surface area contributed by atoms with Crippen molar-refractivity contribution in [3.63, 3.8) is 0 Å². The van der Waals surface area contributed by atoms with E-state index < -0.39 is 5.60 Å². The van der Waals surface area contributed by atoms with Crippen LogP contribution in [-0.4, -0.2) is 49.0 Å². The molecule has 0 saturated carbocycles. The molecule has 8 nitrogen and oxygen atoms in total. The van der Waals surface area contributed by atoms with Crippen LogP contribution in [0.15, 0.2) is 28.3 Å². The smallest absolute Gasteiger partial charge is 0.257 e. The molecule has 162 valence electrons. The molecule has 3 aromatic heterocycles. The molecule has 0 aliphatic carbocycles. The van der Waals surface area contributed by atoms with E-state index in [9.17, 15) is 9.90 Å². The van der Waals surface area contributed by atoms with Crippen LogP contribution in [0.1, 0.15) is 74.2 Å². The Kier molecular flexibility index (Phi) is 6.72. The average molecular weight is 432 g/mol. The first kappa shape index (κ1) is 22.2. The summed E-state index contributed by atoms with van der Waals surface area (Å²) in [5.74, 6) is 1.03. The van der Waals surface area contributed by atoms with Gasteiger partial charge in [-0.3, -0.25) is 4.79 Å². The number of thiophene rings is 1. The fraction of sp³-hybridized carbons (Fsp3) is 0.524. The average Bonchev–Trinajstić information content (AvgIpc) is 3.48. The number of aromatic nitrogens is 4. The topological polar surface area (TPSA) is 97.3 Å². The fourth-order valence-corrected chi connectivity index (χ4v) is 4.18. The molecule has 0 spiro atoms. The van der Waals surface area contributed by atoms with Gasteiger partial charge in [0.05, 0.1) is 23.9 Å². The van der Waals surface area contributed by atoms with Crippen LogP contribution in [0.2, 0.25) is 0 Å². The standard InChI is InChI=1S/C21H29N5O3S/c1-6-15(18-24-17(14(4)29-18)21(5,28)7-2)13-25(8-3)19(27)16-9-12-30-20(16)26-22-10-11-23-26/h9-12,15,28H,6-8,13H2,1-5H3. The van der Waals surface area contributed by atoms with E-state index in [2.05, 4.69) is 15.2 Å². The molecule has 1 N–H and O–H groups in total. The highest BCUT2D eigenvalue weighted by molar-refractivity contribution is 7.12. The number of amides is 1. The molecule has 3 heterocycles. The number of hydrogen-bond acceptors (Lipinski definition) is 7. The fourth-order valence-electron chi connectivity index (χ4n) is 3.37. The Morgan fingerprint density at radius 3 is 2.63 bits per heavy atom. The summed E-state index contributed by atoms with van der Waals surface area (Å²) in [6.45, 7) is 10.5. The lowest BCUT2D eigenvalue weighted by Crippen LogP contribution is -2.35. The molecule has 3 aromatic rings. The van der Waals surface area contributed by atoms with Gasteiger partial charge >= 0.3 is 0 Å². The first-order valence-electron chi connectivity index (χ1n) is 10.3. The van der Waals surface area contributed by atoms with E-state index in [1.807, 2.05) is 33.1 Å². The predicted octanol–water partition coefficient (Wildman–Crippen LogP) is 3.90. The number of aliphatic hydroxyl groups is 1. The summed E-state index contributed by atoms with van der Waals surface area (Å²) in [7, 11) is 0. The van der Waals surface area contributed by atoms with Crippen molar-refractivity contribution in [3.8, 4) is 5.00 Å². The van der Waals surface area contributed by atoms with Crippen molar-refractivity contribution < 1.29 is 14.3 Å². The molecule has 0 fully saturated rings. The highest BCUT2D eigenvalue weighted by Gasteiger charge is 2.31. The van der Waals surface area contributed by atoms with Gasteiger partial charge < -0.3 is 14.4 Å². The van der Waals surface area contributed by atoms with Crippen LogP contribution in [0.25, 0.3) is 5.00 Å². The first-order valence-corrected chi connectivity index (χ1v) is 11.1. The van der Waals surface area contributed by atoms with Crippen LogP contribution in [0, 0.1) is 6.92 Å². The molecule has 0 bridgehead atoms. The maximum Gasteiger partial charge on any atom is 0.257 e. The SMILES string of the molecule is CCC(CN(CC)C(=O)c1ccsc1-n1nccn1)c1nc(C(C)(O)CC)c(C)o1. The molecule has 30 heavy (non-hydrogen) atoms. The number of carbonyl (C=O) groups excluding carboxylic acids is 1. The lowest BCUT2D eigenvalue weighted by atomic mass is 9.98. The Morgan fingerprint density at radius 1 is 1.33 bits per heavy atom. The Balaban J connectivity index is 1.84. The second-order valence-corrected chi connectivity index (χ2v) is 8.39. The summed E-state index contributed by atoms with van der Waals surface area (Å²) in [5.41, 5.74) is 0.107. The summed E-state index contributed by atoms with van der Waals surface area (Å²) >= 11 is 1.43. The molecular formula is C21H29N5O3S. The largest absolute Gasteiger partial charge is 0.445 e. The number of hydrogen-bond donors (Lipinski definition) is 1. The lowest BCUT2D eigenvalue weighted by molar-refractivity contribution is 0.0475. The second-order valence-electron chi connectivity index (χ2n) is 7.49. The van der Waals surface area contributed by atoms with Gasteiger partial charge in [0.25, 0.3) is 5.91 Å². The lowest BCUT2D eigenvalue weighted by Gasteiger charge is -2.24. The third-order valence-electron chi connectivity index (χ3n) is 5.44. The molecule has 0 aromatic carbocycles. The van der Waals surface area contributed by atoms with E-state index in [-0.39, 0.29) is 11.8 Å². The van der Waals surface area contributed by atoms with E-state index >= 15 is 0 Å². The highest BCUT2D eigenvalue weighted by atomic mass is 32.1. The molecule has 0 aliphatic heterocycles. The molecule has 3 rings (SSSR count). The van der Waals surface area contributed by atoms with Crippen LogP contribution in [0.3, 0.4) is 0 Å². The summed E-state index contributed by atoms with van der Waals surface area (Å²) in [6.07, 6.45) is 4.48. The minimum Gasteiger partial charge on any atom is -0.445 e. The number of rotatable bonds is 9. The van der Waals surface area contributed by atoms with E-state index in [0.29, 0.717) is 47.4 Å². The zero-order valence-corrected chi connectivity index (χ0v) is 18.9. The Morgan fingerprint density at radius 2 is 2.03 bits per heavy atom. The van der Waals surface area contributed by atoms with Crippen LogP contribution >= 0.6 is 11.3 Å². The van der Waals surface area contributed by atoms with Crippen molar-refractivity contribution in [1.29, 1.82) is 0 Å². The summed E-state index contributed by atoms with van der Waals surface area (Å²) in [4.78, 5) is 21.2. The third-order valence-corrected chi connectivity index (χ3v) is 6.32. The molecule has 0 radical (unpaired) electrons. The molecule has 2 atom stereocenters. The quantitative estimate of drug-likeness (QED) is 0.552. The van der Waals surface area contributed by atoms with Gasteiger partial charge in [-0.05, 0) is 45.1 Å². The number of oxazole rings is 1. The molecule has 2 unspecified atom stereocenters. The van der Waals surface area contributed by atoms with E-state index in [1.165, 1.54) is 16.1 Å². The maximum absolute atomic E-state index is 13.3. The Hall–Kier alpha value is -2.52. The molecule has 0 aliphatic rings. The van der Waals surface area contributed by atoms with Crippen LogP contribution in [0.5, 0.6) is 0 Å². The van der Waals surface area contributed by atoms with Gasteiger partial charge in [0.2, 0.25) is 0 Å². The van der Waals surface area contributed by atoms with Gasteiger partial charge in [-0.1, -0.05) is 13.8 Å². The van der Waals surface area contributed by atoms with Gasteiger partial charge in [-0.25, -0.2) is 4.98 Å². The Bertz CT molecular complexity index is 977. The molecular weight excluding hydrogens is 402 g/mol. The number of likely N-dealkylation sites (N-methyl/N-ethyl adjacent to an activating group) is 1. The van der Waals surface area contributed by atoms with Gasteiger partial charge in [0.1, 0.15) is 17.1 Å². The van der Waals surface area contributed by atoms with Crippen molar-refractivity contribution >= 4 is 17.2 Å². The van der Waals surface area contributed by atoms with Crippen molar-refractivity contribution in [2.45, 2.75) is 59.0 Å². The molecule has 0 saturated heterocycles. The number of carbonyl (C=O) groups is 1. The number of aryl methyl sites for hydroxylation is 1. The van der Waals surface area contributed by atoms with Crippen molar-refractivity contribution in [3.05, 3.63) is 46.7 Å². The van der Waals surface area contributed by atoms with E-state index in [4.69, 9.17) is 4.42 Å². The van der Waals surface area contributed by atoms with Crippen molar-refractivity contribution in [2.75, 3.05) is 13.1 Å². The van der Waals surface area contributed by atoms with Gasteiger partial charge in [0, 0.05) is 13.1 Å². The zero-order chi connectivity index (χ0) is 21.9. The summed E-state index contributed by atoms with van der Waals surface area (Å²) in [6, 6.07) is 1.81. The predicted molar refractivity (Wildman–Crippen MR) is 115 cm³/mol. The summed E-state index contributed by atoms with van der Waals surface area (Å²) in [5, 5.41) is 21.5. The highest BCUT2D eigenvalue weighted by Crippen LogP contribution is 2.31. The molecule has 1 amide bonds. The van der Waals surface area contributed by atoms with Gasteiger partial charge in [0.15, 0.2) is 10.9 Å². The van der Waals surface area contributed by atoms with Gasteiger partial charge in [-0.15, -0.1) is 16.1 Å². The van der Waals surface area contributed by atoms with E-state index in [1.54, 1.807) is 30.3 Å². The normalized spacial score (nSPS) is 14.5. The van der Waals surface area contributed by atoms with Crippen LogP contribution < -0.4 is 0 Å². The summed E-state index contributed by atoms with van der Waals surface area (Å²) < 4.78 is 5.92. The third kappa shape index (κ3) is 4.32. The van der Waals surface area contributed by atoms with Crippen molar-refractivity contribution in [2.24, 2.45) is 0 Å². The maximum atomic E-state index is 13.3. The Labute approximate surface area is 180 Å². The zero-order valence-electron chi connectivity index (χ0n) is 18.1. The van der Waals surface area contributed by atoms with Crippen molar-refractivity contribution in [1.82, 2.24) is 24.9 Å². The minimum atomic E-state index is -1.03. The monoisotopic (exact) mass is 431 g/mol. The molecule has 9 heteroatoms. The first-order chi connectivity index (χ1) is 14.3. The number of nitrogens with zero attached hydrogens (tertiary/aromatic N) is 5. The van der Waals surface area contributed by atoms with Crippen LogP contribution in [-0.2, 0) is 5.60 Å². The van der Waals surface area contributed by atoms with Gasteiger partial charge in [-0.2, -0.15) is 10.2 Å². The minimum absolute atomic E-state index is 0.0704. The second kappa shape index (κ2) is 9.09. The van der Waals surface area contributed by atoms with E-state index in [0.717, 1.165) is 6.42 Å².